The molecule has 2 rings (SSSR count). The van der Waals surface area contributed by atoms with Crippen molar-refractivity contribution < 1.29 is 15.0 Å². The Bertz CT molecular complexity index is 576. The van der Waals surface area contributed by atoms with Gasteiger partial charge in [0.15, 0.2) is 11.5 Å². The zero-order valence-corrected chi connectivity index (χ0v) is 9.82. The van der Waals surface area contributed by atoms with Gasteiger partial charge >= 0.3 is 5.97 Å². The molecule has 0 spiro atoms. The van der Waals surface area contributed by atoms with Crippen LogP contribution in [0.15, 0.2) is 24.9 Å². The zero-order valence-electron chi connectivity index (χ0n) is 9.82. The molecule has 2 heterocycles. The first-order valence-electron chi connectivity index (χ1n) is 5.43. The van der Waals surface area contributed by atoms with Gasteiger partial charge in [-0.05, 0) is 0 Å². The van der Waals surface area contributed by atoms with Crippen molar-refractivity contribution in [3.63, 3.8) is 0 Å². The molecule has 8 heteroatoms. The van der Waals surface area contributed by atoms with Crippen LogP contribution < -0.4 is 5.32 Å². The summed E-state index contributed by atoms with van der Waals surface area (Å²) in [5.41, 5.74) is 0.707. The SMILES string of the molecule is O=C(O)c1nc(CCO)cnc1Nc1cncnc1. The third kappa shape index (κ3) is 3.19. The molecule has 0 radical (unpaired) electrons. The van der Waals surface area contributed by atoms with Gasteiger partial charge in [0.05, 0.1) is 30.0 Å². The smallest absolute Gasteiger partial charge is 0.358 e. The first-order chi connectivity index (χ1) is 9.20. The Morgan fingerprint density at radius 1 is 1.26 bits per heavy atom. The number of aromatic carboxylic acids is 1. The number of rotatable bonds is 5. The highest BCUT2D eigenvalue weighted by atomic mass is 16.4. The second-order valence-corrected chi connectivity index (χ2v) is 3.59. The average molecular weight is 261 g/mol. The van der Waals surface area contributed by atoms with E-state index in [0.717, 1.165) is 0 Å². The summed E-state index contributed by atoms with van der Waals surface area (Å²) < 4.78 is 0. The number of carbonyl (C=O) groups is 1. The molecule has 0 bridgehead atoms. The summed E-state index contributed by atoms with van der Waals surface area (Å²) in [6, 6.07) is 0. The van der Waals surface area contributed by atoms with Crippen molar-refractivity contribution in [3.8, 4) is 0 Å². The molecule has 0 atom stereocenters. The van der Waals surface area contributed by atoms with E-state index in [1.807, 2.05) is 0 Å². The van der Waals surface area contributed by atoms with Crippen LogP contribution in [0.3, 0.4) is 0 Å². The number of aliphatic hydroxyl groups excluding tert-OH is 1. The maximum Gasteiger partial charge on any atom is 0.358 e. The summed E-state index contributed by atoms with van der Waals surface area (Å²) in [7, 11) is 0. The van der Waals surface area contributed by atoms with Crippen LogP contribution in [-0.4, -0.2) is 42.7 Å². The Balaban J connectivity index is 2.32. The Labute approximate surface area is 108 Å². The number of hydrogen-bond donors (Lipinski definition) is 3. The summed E-state index contributed by atoms with van der Waals surface area (Å²) in [6.45, 7) is -0.118. The van der Waals surface area contributed by atoms with E-state index in [9.17, 15) is 4.79 Å². The summed E-state index contributed by atoms with van der Waals surface area (Å²) >= 11 is 0. The van der Waals surface area contributed by atoms with E-state index in [1.165, 1.54) is 24.9 Å². The van der Waals surface area contributed by atoms with Crippen LogP contribution in [0.2, 0.25) is 0 Å². The maximum absolute atomic E-state index is 11.1. The van der Waals surface area contributed by atoms with Gasteiger partial charge in [0, 0.05) is 13.0 Å². The summed E-state index contributed by atoms with van der Waals surface area (Å²) in [5, 5.41) is 20.7. The molecule has 98 valence electrons. The molecule has 0 aliphatic rings. The van der Waals surface area contributed by atoms with E-state index >= 15 is 0 Å². The van der Waals surface area contributed by atoms with E-state index < -0.39 is 5.97 Å². The number of aliphatic hydroxyl groups is 1. The predicted molar refractivity (Wildman–Crippen MR) is 65.1 cm³/mol. The van der Waals surface area contributed by atoms with Gasteiger partial charge in [-0.1, -0.05) is 0 Å². The standard InChI is InChI=1S/C11H11N5O3/c17-2-1-7-5-14-10(9(15-7)11(18)19)16-8-3-12-6-13-4-8/h3-6,17H,1-2H2,(H,14,16)(H,18,19). The van der Waals surface area contributed by atoms with Crippen molar-refractivity contribution in [2.75, 3.05) is 11.9 Å². The molecule has 0 saturated carbocycles. The van der Waals surface area contributed by atoms with Gasteiger partial charge in [0.2, 0.25) is 0 Å². The van der Waals surface area contributed by atoms with Crippen LogP contribution in [0.1, 0.15) is 16.2 Å². The zero-order chi connectivity index (χ0) is 13.7. The van der Waals surface area contributed by atoms with Crippen molar-refractivity contribution in [2.45, 2.75) is 6.42 Å². The second kappa shape index (κ2) is 5.83. The third-order valence-electron chi connectivity index (χ3n) is 2.22. The molecular formula is C11H11N5O3. The molecule has 0 fully saturated rings. The van der Waals surface area contributed by atoms with E-state index in [-0.39, 0.29) is 24.5 Å². The summed E-state index contributed by atoms with van der Waals surface area (Å²) in [5.74, 6) is -1.10. The molecule has 8 nitrogen and oxygen atoms in total. The third-order valence-corrected chi connectivity index (χ3v) is 2.22. The lowest BCUT2D eigenvalue weighted by molar-refractivity contribution is 0.0691. The molecule has 3 N–H and O–H groups in total. The average Bonchev–Trinajstić information content (AvgIpc) is 2.42. The first-order valence-corrected chi connectivity index (χ1v) is 5.43. The minimum Gasteiger partial charge on any atom is -0.476 e. The summed E-state index contributed by atoms with van der Waals surface area (Å²) in [4.78, 5) is 26.7. The molecule has 0 aliphatic heterocycles. The quantitative estimate of drug-likeness (QED) is 0.700. The molecule has 0 saturated heterocycles. The second-order valence-electron chi connectivity index (χ2n) is 3.59. The fourth-order valence-corrected chi connectivity index (χ4v) is 1.40. The van der Waals surface area contributed by atoms with E-state index in [4.69, 9.17) is 10.2 Å². The minimum absolute atomic E-state index is 0.101. The van der Waals surface area contributed by atoms with Gasteiger partial charge in [-0.3, -0.25) is 0 Å². The van der Waals surface area contributed by atoms with Crippen molar-refractivity contribution in [3.05, 3.63) is 36.3 Å². The van der Waals surface area contributed by atoms with Gasteiger partial charge in [-0.15, -0.1) is 0 Å². The monoisotopic (exact) mass is 261 g/mol. The number of carboxylic acid groups (broad SMARTS) is 1. The van der Waals surface area contributed by atoms with Crippen molar-refractivity contribution in [2.24, 2.45) is 0 Å². The lowest BCUT2D eigenvalue weighted by Crippen LogP contribution is -2.10. The Morgan fingerprint density at radius 3 is 2.63 bits per heavy atom. The van der Waals surface area contributed by atoms with Crippen LogP contribution >= 0.6 is 0 Å². The lowest BCUT2D eigenvalue weighted by Gasteiger charge is -2.08. The maximum atomic E-state index is 11.1. The van der Waals surface area contributed by atoms with E-state index in [2.05, 4.69) is 25.3 Å². The van der Waals surface area contributed by atoms with Gasteiger partial charge in [0.1, 0.15) is 6.33 Å². The number of hydrogen-bond acceptors (Lipinski definition) is 7. The molecular weight excluding hydrogens is 250 g/mol. The predicted octanol–water partition coefficient (Wildman–Crippen LogP) is 0.243. The number of nitrogens with one attached hydrogen (secondary N) is 1. The van der Waals surface area contributed by atoms with E-state index in [1.54, 1.807) is 0 Å². The van der Waals surface area contributed by atoms with Crippen LogP contribution in [0.4, 0.5) is 11.5 Å². The van der Waals surface area contributed by atoms with Crippen molar-refractivity contribution >= 4 is 17.5 Å². The minimum atomic E-state index is -1.20. The highest BCUT2D eigenvalue weighted by molar-refractivity contribution is 5.91. The van der Waals surface area contributed by atoms with Gasteiger partial charge in [-0.25, -0.2) is 24.7 Å². The highest BCUT2D eigenvalue weighted by Gasteiger charge is 2.15. The highest BCUT2D eigenvalue weighted by Crippen LogP contribution is 2.16. The van der Waals surface area contributed by atoms with Gasteiger partial charge in [-0.2, -0.15) is 0 Å². The van der Waals surface area contributed by atoms with Crippen molar-refractivity contribution in [1.29, 1.82) is 0 Å². The lowest BCUT2D eigenvalue weighted by atomic mass is 10.3. The van der Waals surface area contributed by atoms with Gasteiger partial charge < -0.3 is 15.5 Å². The molecule has 0 unspecified atom stereocenters. The van der Waals surface area contributed by atoms with Crippen LogP contribution in [0.5, 0.6) is 0 Å². The molecule has 0 aliphatic carbocycles. The van der Waals surface area contributed by atoms with Crippen LogP contribution in [-0.2, 0) is 6.42 Å². The first kappa shape index (κ1) is 12.8. The summed E-state index contributed by atoms with van der Waals surface area (Å²) in [6.07, 6.45) is 6.00. The number of carboxylic acids is 1. The van der Waals surface area contributed by atoms with E-state index in [0.29, 0.717) is 11.4 Å². The molecule has 2 aromatic rings. The molecule has 19 heavy (non-hydrogen) atoms. The van der Waals surface area contributed by atoms with Gasteiger partial charge in [0.25, 0.3) is 0 Å². The normalized spacial score (nSPS) is 10.2. The number of aromatic nitrogens is 4. The molecule has 0 amide bonds. The van der Waals surface area contributed by atoms with Crippen LogP contribution in [0.25, 0.3) is 0 Å². The fourth-order valence-electron chi connectivity index (χ4n) is 1.40. The number of nitrogens with zero attached hydrogens (tertiary/aromatic N) is 4. The van der Waals surface area contributed by atoms with Crippen LogP contribution in [0, 0.1) is 0 Å². The number of anilines is 2. The molecule has 2 aromatic heterocycles. The molecule has 0 aromatic carbocycles. The largest absolute Gasteiger partial charge is 0.476 e. The Morgan fingerprint density at radius 2 is 2.00 bits per heavy atom. The fraction of sp³-hybridized carbons (Fsp3) is 0.182. The Kier molecular flexibility index (Phi) is 3.94. The Hall–Kier alpha value is -2.61. The topological polar surface area (TPSA) is 121 Å². The van der Waals surface area contributed by atoms with Crippen molar-refractivity contribution in [1.82, 2.24) is 19.9 Å².